The van der Waals surface area contributed by atoms with Crippen LogP contribution in [0.4, 0.5) is 0 Å². The summed E-state index contributed by atoms with van der Waals surface area (Å²) in [5.74, 6) is 0.611. The summed E-state index contributed by atoms with van der Waals surface area (Å²) in [4.78, 5) is 8.66. The highest BCUT2D eigenvalue weighted by Crippen LogP contribution is 2.20. The summed E-state index contributed by atoms with van der Waals surface area (Å²) in [5, 5.41) is 1.11. The highest BCUT2D eigenvalue weighted by Gasteiger charge is 2.09. The normalized spacial score (nSPS) is 12.3. The van der Waals surface area contributed by atoms with Gasteiger partial charge in [-0.2, -0.15) is 0 Å². The maximum Gasteiger partial charge on any atom is 0.212 e. The van der Waals surface area contributed by atoms with Gasteiger partial charge in [0.1, 0.15) is 0 Å². The Labute approximate surface area is 123 Å². The number of para-hydroxylation sites is 1. The molecule has 2 N–H and O–H groups in total. The molecule has 21 heavy (non-hydrogen) atoms. The second-order valence-electron chi connectivity index (χ2n) is 4.98. The summed E-state index contributed by atoms with van der Waals surface area (Å²) in [6.07, 6.45) is 4.37. The first-order valence-electron chi connectivity index (χ1n) is 6.85. The first-order valence-corrected chi connectivity index (χ1v) is 6.85. The lowest BCUT2D eigenvalue weighted by Gasteiger charge is -2.12. The van der Waals surface area contributed by atoms with E-state index in [2.05, 4.69) is 16.0 Å². The molecule has 1 aromatic carbocycles. The maximum atomic E-state index is 6.29. The molecule has 0 saturated carbocycles. The second-order valence-corrected chi connectivity index (χ2v) is 4.98. The van der Waals surface area contributed by atoms with Crippen LogP contribution in [0.1, 0.15) is 17.2 Å². The predicted molar refractivity (Wildman–Crippen MR) is 83.2 cm³/mol. The van der Waals surface area contributed by atoms with Crippen molar-refractivity contribution in [2.75, 3.05) is 7.11 Å². The Morgan fingerprint density at radius 1 is 1.10 bits per heavy atom. The minimum atomic E-state index is -0.0997. The molecule has 0 bridgehead atoms. The molecule has 0 aliphatic rings. The van der Waals surface area contributed by atoms with E-state index in [4.69, 9.17) is 10.5 Å². The maximum absolute atomic E-state index is 6.29. The molecule has 0 spiro atoms. The van der Waals surface area contributed by atoms with Gasteiger partial charge in [0.25, 0.3) is 0 Å². The summed E-state index contributed by atoms with van der Waals surface area (Å²) in [7, 11) is 1.61. The zero-order chi connectivity index (χ0) is 14.7. The van der Waals surface area contributed by atoms with Gasteiger partial charge in [0, 0.05) is 29.9 Å². The number of rotatable bonds is 4. The molecule has 2 aromatic heterocycles. The van der Waals surface area contributed by atoms with Crippen LogP contribution in [-0.4, -0.2) is 17.1 Å². The molecule has 0 fully saturated rings. The Kier molecular flexibility index (Phi) is 3.79. The Hall–Kier alpha value is -2.46. The van der Waals surface area contributed by atoms with E-state index in [1.807, 2.05) is 42.6 Å². The van der Waals surface area contributed by atoms with Gasteiger partial charge in [0.2, 0.25) is 5.88 Å². The molecule has 0 saturated heterocycles. The van der Waals surface area contributed by atoms with Gasteiger partial charge < -0.3 is 10.5 Å². The van der Waals surface area contributed by atoms with E-state index in [9.17, 15) is 0 Å². The van der Waals surface area contributed by atoms with Crippen molar-refractivity contribution >= 4 is 10.9 Å². The number of benzene rings is 1. The molecule has 0 radical (unpaired) electrons. The van der Waals surface area contributed by atoms with Gasteiger partial charge in [-0.1, -0.05) is 24.3 Å². The zero-order valence-electron chi connectivity index (χ0n) is 11.9. The van der Waals surface area contributed by atoms with E-state index in [1.54, 1.807) is 13.3 Å². The topological polar surface area (TPSA) is 61.0 Å². The number of pyridine rings is 2. The Balaban J connectivity index is 1.80. The van der Waals surface area contributed by atoms with Crippen molar-refractivity contribution < 1.29 is 4.74 Å². The van der Waals surface area contributed by atoms with Gasteiger partial charge in [0.05, 0.1) is 12.6 Å². The summed E-state index contributed by atoms with van der Waals surface area (Å²) in [6.45, 7) is 0. The number of nitrogens with two attached hydrogens (primary N) is 1. The largest absolute Gasteiger partial charge is 0.481 e. The second kappa shape index (κ2) is 5.89. The molecular weight excluding hydrogens is 262 g/mol. The first kappa shape index (κ1) is 13.5. The third-order valence-corrected chi connectivity index (χ3v) is 3.50. The van der Waals surface area contributed by atoms with Crippen LogP contribution in [0.15, 0.2) is 54.9 Å². The summed E-state index contributed by atoms with van der Waals surface area (Å²) in [6, 6.07) is 13.9. The standard InChI is InChI=1S/C17H17N3O/c1-21-17-7-6-12(10-20-17)8-15(18)14-9-13-4-2-3-5-16(13)19-11-14/h2-7,9-11,15H,8,18H2,1H3. The molecule has 4 heteroatoms. The van der Waals surface area contributed by atoms with E-state index < -0.39 is 0 Å². The third-order valence-electron chi connectivity index (χ3n) is 3.50. The molecule has 2 heterocycles. The lowest BCUT2D eigenvalue weighted by atomic mass is 10.0. The van der Waals surface area contributed by atoms with Gasteiger partial charge in [-0.05, 0) is 29.7 Å². The SMILES string of the molecule is COc1ccc(CC(N)c2cnc3ccccc3c2)cn1. The molecule has 4 nitrogen and oxygen atoms in total. The number of fused-ring (bicyclic) bond motifs is 1. The summed E-state index contributed by atoms with van der Waals surface area (Å²) < 4.78 is 5.05. The van der Waals surface area contributed by atoms with Gasteiger partial charge in [-0.3, -0.25) is 4.98 Å². The van der Waals surface area contributed by atoms with Crippen LogP contribution >= 0.6 is 0 Å². The predicted octanol–water partition coefficient (Wildman–Crippen LogP) is 2.88. The van der Waals surface area contributed by atoms with Crippen LogP contribution in [-0.2, 0) is 6.42 Å². The summed E-state index contributed by atoms with van der Waals surface area (Å²) in [5.41, 5.74) is 9.39. The molecule has 0 aliphatic heterocycles. The van der Waals surface area contributed by atoms with Gasteiger partial charge in [0.15, 0.2) is 0 Å². The number of methoxy groups -OCH3 is 1. The molecule has 1 atom stereocenters. The zero-order valence-corrected chi connectivity index (χ0v) is 11.9. The molecule has 3 aromatic rings. The van der Waals surface area contributed by atoms with Crippen molar-refractivity contribution in [1.29, 1.82) is 0 Å². The Bertz CT molecular complexity index is 740. The highest BCUT2D eigenvalue weighted by molar-refractivity contribution is 5.78. The Morgan fingerprint density at radius 2 is 1.95 bits per heavy atom. The van der Waals surface area contributed by atoms with Gasteiger partial charge in [-0.15, -0.1) is 0 Å². The van der Waals surface area contributed by atoms with Crippen molar-refractivity contribution in [3.05, 3.63) is 66.0 Å². The average Bonchev–Trinajstić information content (AvgIpc) is 2.55. The van der Waals surface area contributed by atoms with Crippen LogP contribution in [0, 0.1) is 0 Å². The number of ether oxygens (including phenoxy) is 1. The van der Waals surface area contributed by atoms with Crippen molar-refractivity contribution in [3.63, 3.8) is 0 Å². The fourth-order valence-corrected chi connectivity index (χ4v) is 2.32. The van der Waals surface area contributed by atoms with E-state index >= 15 is 0 Å². The lowest BCUT2D eigenvalue weighted by molar-refractivity contribution is 0.397. The van der Waals surface area contributed by atoms with E-state index in [1.165, 1.54) is 0 Å². The van der Waals surface area contributed by atoms with Crippen LogP contribution in [0.25, 0.3) is 10.9 Å². The van der Waals surface area contributed by atoms with Crippen LogP contribution in [0.3, 0.4) is 0 Å². The lowest BCUT2D eigenvalue weighted by Crippen LogP contribution is -2.13. The number of hydrogen-bond donors (Lipinski definition) is 1. The van der Waals surface area contributed by atoms with Crippen LogP contribution in [0.5, 0.6) is 5.88 Å². The highest BCUT2D eigenvalue weighted by atomic mass is 16.5. The number of aromatic nitrogens is 2. The van der Waals surface area contributed by atoms with Crippen LogP contribution < -0.4 is 10.5 Å². The smallest absolute Gasteiger partial charge is 0.212 e. The number of nitrogens with zero attached hydrogens (tertiary/aromatic N) is 2. The van der Waals surface area contributed by atoms with Crippen molar-refractivity contribution in [2.24, 2.45) is 5.73 Å². The number of hydrogen-bond acceptors (Lipinski definition) is 4. The third kappa shape index (κ3) is 3.01. The molecule has 0 aliphatic carbocycles. The van der Waals surface area contributed by atoms with E-state index in [-0.39, 0.29) is 6.04 Å². The van der Waals surface area contributed by atoms with E-state index in [0.29, 0.717) is 5.88 Å². The molecule has 0 amide bonds. The molecule has 3 rings (SSSR count). The van der Waals surface area contributed by atoms with Crippen molar-refractivity contribution in [1.82, 2.24) is 9.97 Å². The quantitative estimate of drug-likeness (QED) is 0.797. The monoisotopic (exact) mass is 279 g/mol. The minimum Gasteiger partial charge on any atom is -0.481 e. The average molecular weight is 279 g/mol. The molecule has 1 unspecified atom stereocenters. The first-order chi connectivity index (χ1) is 10.3. The van der Waals surface area contributed by atoms with E-state index in [0.717, 1.165) is 28.5 Å². The fraction of sp³-hybridized carbons (Fsp3) is 0.176. The van der Waals surface area contributed by atoms with Gasteiger partial charge >= 0.3 is 0 Å². The van der Waals surface area contributed by atoms with Crippen molar-refractivity contribution in [2.45, 2.75) is 12.5 Å². The van der Waals surface area contributed by atoms with Crippen molar-refractivity contribution in [3.8, 4) is 5.88 Å². The van der Waals surface area contributed by atoms with Gasteiger partial charge in [-0.25, -0.2) is 4.98 Å². The Morgan fingerprint density at radius 3 is 2.71 bits per heavy atom. The summed E-state index contributed by atoms with van der Waals surface area (Å²) >= 11 is 0. The molecule has 106 valence electrons. The molecular formula is C17H17N3O. The minimum absolute atomic E-state index is 0.0997. The fourth-order valence-electron chi connectivity index (χ4n) is 2.32. The van der Waals surface area contributed by atoms with Crippen LogP contribution in [0.2, 0.25) is 0 Å².